The summed E-state index contributed by atoms with van der Waals surface area (Å²) in [6.45, 7) is 6.99. The molecule has 8 nitrogen and oxygen atoms in total. The molecule has 0 bridgehead atoms. The normalized spacial score (nSPS) is 17.2. The van der Waals surface area contributed by atoms with Gasteiger partial charge in [-0.2, -0.15) is 0 Å². The Labute approximate surface area is 190 Å². The number of benzene rings is 1. The third-order valence-electron chi connectivity index (χ3n) is 5.72. The first-order chi connectivity index (χ1) is 15.4. The fourth-order valence-electron chi connectivity index (χ4n) is 3.74. The summed E-state index contributed by atoms with van der Waals surface area (Å²) in [4.78, 5) is 39.1. The smallest absolute Gasteiger partial charge is 0.251 e. The molecule has 176 valence electrons. The topological polar surface area (TPSA) is 99.8 Å². The maximum Gasteiger partial charge on any atom is 0.251 e. The molecule has 3 amide bonds. The highest BCUT2D eigenvalue weighted by Crippen LogP contribution is 2.20. The summed E-state index contributed by atoms with van der Waals surface area (Å²) in [6, 6.07) is 7.31. The minimum Gasteiger partial charge on any atom is -0.379 e. The van der Waals surface area contributed by atoms with Crippen LogP contribution >= 0.6 is 0 Å². The molecule has 1 saturated heterocycles. The van der Waals surface area contributed by atoms with Gasteiger partial charge in [-0.05, 0) is 77.2 Å². The van der Waals surface area contributed by atoms with Crippen LogP contribution in [-0.4, -0.2) is 67.6 Å². The third-order valence-corrected chi connectivity index (χ3v) is 5.72. The molecular formula is C24H36N4O4. The Morgan fingerprint density at radius 3 is 2.56 bits per heavy atom. The van der Waals surface area contributed by atoms with Crippen LogP contribution in [0.3, 0.4) is 0 Å². The zero-order valence-corrected chi connectivity index (χ0v) is 19.2. The molecule has 0 aromatic heterocycles. The number of hydrogen-bond acceptors (Lipinski definition) is 5. The van der Waals surface area contributed by atoms with Gasteiger partial charge in [-0.3, -0.25) is 19.3 Å². The molecule has 1 heterocycles. The first-order valence-corrected chi connectivity index (χ1v) is 11.7. The molecule has 2 aliphatic rings. The molecule has 2 fully saturated rings. The fraction of sp³-hybridized carbons (Fsp3) is 0.625. The number of likely N-dealkylation sites (tertiary alicyclic amines) is 1. The molecule has 1 saturated carbocycles. The van der Waals surface area contributed by atoms with Crippen molar-refractivity contribution in [3.8, 4) is 0 Å². The molecule has 1 aromatic carbocycles. The number of carbonyl (C=O) groups is 3. The lowest BCUT2D eigenvalue weighted by Gasteiger charge is -2.30. The number of anilines is 1. The highest BCUT2D eigenvalue weighted by atomic mass is 16.5. The summed E-state index contributed by atoms with van der Waals surface area (Å²) in [5.74, 6) is -0.115. The van der Waals surface area contributed by atoms with Crippen molar-refractivity contribution >= 4 is 23.4 Å². The SMILES string of the molecule is CC(C)OCCCNC(=O)C1CCN(CC(=O)Nc2cccc(C(=O)NC3CC3)c2)CC1. The average molecular weight is 445 g/mol. The highest BCUT2D eigenvalue weighted by molar-refractivity contribution is 5.97. The van der Waals surface area contributed by atoms with Gasteiger partial charge in [-0.1, -0.05) is 6.07 Å². The van der Waals surface area contributed by atoms with Gasteiger partial charge in [0.05, 0.1) is 12.6 Å². The van der Waals surface area contributed by atoms with Crippen molar-refractivity contribution in [3.05, 3.63) is 29.8 Å². The van der Waals surface area contributed by atoms with Crippen molar-refractivity contribution in [1.29, 1.82) is 0 Å². The number of rotatable bonds is 11. The molecule has 0 atom stereocenters. The van der Waals surface area contributed by atoms with Gasteiger partial charge in [0, 0.05) is 36.4 Å². The summed E-state index contributed by atoms with van der Waals surface area (Å²) in [6.07, 6.45) is 4.59. The largest absolute Gasteiger partial charge is 0.379 e. The summed E-state index contributed by atoms with van der Waals surface area (Å²) in [7, 11) is 0. The Bertz CT molecular complexity index is 786. The second kappa shape index (κ2) is 12.0. The molecule has 0 radical (unpaired) electrons. The lowest BCUT2D eigenvalue weighted by molar-refractivity contribution is -0.126. The van der Waals surface area contributed by atoms with E-state index in [0.29, 0.717) is 43.5 Å². The lowest BCUT2D eigenvalue weighted by atomic mass is 9.96. The molecule has 0 unspecified atom stereocenters. The average Bonchev–Trinajstić information content (AvgIpc) is 3.57. The Morgan fingerprint density at radius 2 is 1.88 bits per heavy atom. The van der Waals surface area contributed by atoms with Crippen molar-refractivity contribution in [2.24, 2.45) is 5.92 Å². The van der Waals surface area contributed by atoms with Crippen LogP contribution in [0.4, 0.5) is 5.69 Å². The Kier molecular flexibility index (Phi) is 9.05. The van der Waals surface area contributed by atoms with Gasteiger partial charge in [0.1, 0.15) is 0 Å². The quantitative estimate of drug-likeness (QED) is 0.454. The predicted molar refractivity (Wildman–Crippen MR) is 123 cm³/mol. The maximum atomic E-state index is 12.5. The van der Waals surface area contributed by atoms with Crippen LogP contribution in [0.15, 0.2) is 24.3 Å². The van der Waals surface area contributed by atoms with Crippen LogP contribution in [0.5, 0.6) is 0 Å². The Hall–Kier alpha value is -2.45. The third kappa shape index (κ3) is 8.24. The van der Waals surface area contributed by atoms with Gasteiger partial charge in [0.25, 0.3) is 5.91 Å². The van der Waals surface area contributed by atoms with E-state index in [9.17, 15) is 14.4 Å². The number of amides is 3. The van der Waals surface area contributed by atoms with E-state index in [-0.39, 0.29) is 36.3 Å². The summed E-state index contributed by atoms with van der Waals surface area (Å²) >= 11 is 0. The molecular weight excluding hydrogens is 408 g/mol. The van der Waals surface area contributed by atoms with E-state index in [1.165, 1.54) is 0 Å². The van der Waals surface area contributed by atoms with Gasteiger partial charge < -0.3 is 20.7 Å². The number of nitrogens with zero attached hydrogens (tertiary/aromatic N) is 1. The van der Waals surface area contributed by atoms with Gasteiger partial charge in [0.2, 0.25) is 11.8 Å². The Balaban J connectivity index is 1.34. The maximum absolute atomic E-state index is 12.5. The van der Waals surface area contributed by atoms with Gasteiger partial charge in [-0.15, -0.1) is 0 Å². The van der Waals surface area contributed by atoms with E-state index < -0.39 is 0 Å². The molecule has 1 aliphatic heterocycles. The molecule has 1 aromatic rings. The molecule has 0 spiro atoms. The van der Waals surface area contributed by atoms with Crippen molar-refractivity contribution in [2.75, 3.05) is 38.1 Å². The monoisotopic (exact) mass is 444 g/mol. The Morgan fingerprint density at radius 1 is 1.12 bits per heavy atom. The van der Waals surface area contributed by atoms with Crippen molar-refractivity contribution in [1.82, 2.24) is 15.5 Å². The standard InChI is InChI=1S/C24H36N4O4/c1-17(2)32-14-4-11-25-23(30)18-9-12-28(13-10-18)16-22(29)26-21-6-3-5-19(15-21)24(31)27-20-7-8-20/h3,5-6,15,17-18,20H,4,7-14,16H2,1-2H3,(H,25,30)(H,26,29)(H,27,31). The molecule has 8 heteroatoms. The second-order valence-corrected chi connectivity index (χ2v) is 8.99. The van der Waals surface area contributed by atoms with Crippen molar-refractivity contribution < 1.29 is 19.1 Å². The van der Waals surface area contributed by atoms with Gasteiger partial charge in [0.15, 0.2) is 0 Å². The van der Waals surface area contributed by atoms with Crippen LogP contribution < -0.4 is 16.0 Å². The molecule has 3 rings (SSSR count). The number of hydrogen-bond donors (Lipinski definition) is 3. The van der Waals surface area contributed by atoms with E-state index in [2.05, 4.69) is 20.9 Å². The van der Waals surface area contributed by atoms with E-state index >= 15 is 0 Å². The van der Waals surface area contributed by atoms with E-state index in [0.717, 1.165) is 32.1 Å². The van der Waals surface area contributed by atoms with Crippen LogP contribution in [0.1, 0.15) is 56.3 Å². The van der Waals surface area contributed by atoms with Crippen LogP contribution in [0.2, 0.25) is 0 Å². The highest BCUT2D eigenvalue weighted by Gasteiger charge is 2.26. The minimum absolute atomic E-state index is 0.00184. The first-order valence-electron chi connectivity index (χ1n) is 11.7. The van der Waals surface area contributed by atoms with Gasteiger partial charge >= 0.3 is 0 Å². The molecule has 1 aliphatic carbocycles. The second-order valence-electron chi connectivity index (χ2n) is 8.99. The zero-order valence-electron chi connectivity index (χ0n) is 19.2. The molecule has 3 N–H and O–H groups in total. The summed E-state index contributed by atoms with van der Waals surface area (Å²) in [5, 5.41) is 8.83. The van der Waals surface area contributed by atoms with Crippen LogP contribution in [0, 0.1) is 5.92 Å². The predicted octanol–water partition coefficient (Wildman–Crippen LogP) is 2.16. The summed E-state index contributed by atoms with van der Waals surface area (Å²) in [5.41, 5.74) is 1.17. The van der Waals surface area contributed by atoms with Crippen LogP contribution in [0.25, 0.3) is 0 Å². The number of piperidine rings is 1. The fourth-order valence-corrected chi connectivity index (χ4v) is 3.74. The first kappa shape index (κ1) is 24.2. The number of nitrogens with one attached hydrogen (secondary N) is 3. The van der Waals surface area contributed by atoms with Crippen LogP contribution in [-0.2, 0) is 14.3 Å². The molecule has 32 heavy (non-hydrogen) atoms. The minimum atomic E-state index is -0.113. The van der Waals surface area contributed by atoms with Crippen molar-refractivity contribution in [3.63, 3.8) is 0 Å². The number of ether oxygens (including phenoxy) is 1. The van der Waals surface area contributed by atoms with E-state index in [1.54, 1.807) is 24.3 Å². The van der Waals surface area contributed by atoms with Crippen molar-refractivity contribution in [2.45, 2.75) is 58.1 Å². The van der Waals surface area contributed by atoms with E-state index in [1.807, 2.05) is 13.8 Å². The van der Waals surface area contributed by atoms with E-state index in [4.69, 9.17) is 4.74 Å². The number of carbonyl (C=O) groups excluding carboxylic acids is 3. The van der Waals surface area contributed by atoms with Gasteiger partial charge in [-0.25, -0.2) is 0 Å². The summed E-state index contributed by atoms with van der Waals surface area (Å²) < 4.78 is 5.48. The zero-order chi connectivity index (χ0) is 22.9. The lowest BCUT2D eigenvalue weighted by Crippen LogP contribution is -2.43.